The minimum atomic E-state index is -0.752. The third-order valence-electron chi connectivity index (χ3n) is 3.43. The SMILES string of the molecule is CC(C)(CCNCC(C)(C)c1ccccn1)C(=O)O. The van der Waals surface area contributed by atoms with Crippen molar-refractivity contribution in [2.45, 2.75) is 39.5 Å². The molecular weight excluding hydrogens is 240 g/mol. The first kappa shape index (κ1) is 15.6. The van der Waals surface area contributed by atoms with Gasteiger partial charge in [0.15, 0.2) is 0 Å². The van der Waals surface area contributed by atoms with Crippen LogP contribution < -0.4 is 5.32 Å². The number of carboxylic acids is 1. The lowest BCUT2D eigenvalue weighted by Gasteiger charge is -2.26. The molecule has 1 aromatic heterocycles. The van der Waals surface area contributed by atoms with E-state index in [-0.39, 0.29) is 5.41 Å². The summed E-state index contributed by atoms with van der Waals surface area (Å²) < 4.78 is 0. The number of rotatable bonds is 7. The summed E-state index contributed by atoms with van der Waals surface area (Å²) >= 11 is 0. The summed E-state index contributed by atoms with van der Waals surface area (Å²) in [5, 5.41) is 12.4. The summed E-state index contributed by atoms with van der Waals surface area (Å²) in [7, 11) is 0. The number of aromatic nitrogens is 1. The molecule has 0 aliphatic rings. The molecule has 0 amide bonds. The van der Waals surface area contributed by atoms with Crippen molar-refractivity contribution in [1.29, 1.82) is 0 Å². The quantitative estimate of drug-likeness (QED) is 0.743. The van der Waals surface area contributed by atoms with Crippen molar-refractivity contribution in [3.8, 4) is 0 Å². The molecule has 0 aromatic carbocycles. The number of pyridine rings is 1. The van der Waals surface area contributed by atoms with E-state index in [9.17, 15) is 4.79 Å². The van der Waals surface area contributed by atoms with Crippen LogP contribution in [-0.4, -0.2) is 29.1 Å². The van der Waals surface area contributed by atoms with Crippen molar-refractivity contribution in [3.63, 3.8) is 0 Å². The molecule has 0 radical (unpaired) electrons. The molecule has 1 rings (SSSR count). The van der Waals surface area contributed by atoms with E-state index >= 15 is 0 Å². The number of carbonyl (C=O) groups is 1. The highest BCUT2D eigenvalue weighted by Crippen LogP contribution is 2.21. The molecule has 0 unspecified atom stereocenters. The van der Waals surface area contributed by atoms with E-state index in [1.807, 2.05) is 18.2 Å². The first-order valence-electron chi connectivity index (χ1n) is 6.61. The highest BCUT2D eigenvalue weighted by Gasteiger charge is 2.27. The Kier molecular flexibility index (Phi) is 5.06. The van der Waals surface area contributed by atoms with Gasteiger partial charge in [0, 0.05) is 23.9 Å². The number of nitrogens with one attached hydrogen (secondary N) is 1. The highest BCUT2D eigenvalue weighted by atomic mass is 16.4. The molecule has 4 nitrogen and oxygen atoms in total. The second-order valence-electron chi connectivity index (χ2n) is 6.21. The minimum Gasteiger partial charge on any atom is -0.481 e. The number of nitrogens with zero attached hydrogens (tertiary/aromatic N) is 1. The Bertz CT molecular complexity index is 413. The van der Waals surface area contributed by atoms with Crippen LogP contribution in [0.3, 0.4) is 0 Å². The van der Waals surface area contributed by atoms with Crippen LogP contribution in [0.4, 0.5) is 0 Å². The Balaban J connectivity index is 2.43. The molecule has 1 aromatic rings. The molecule has 4 heteroatoms. The van der Waals surface area contributed by atoms with Gasteiger partial charge < -0.3 is 10.4 Å². The summed E-state index contributed by atoms with van der Waals surface area (Å²) in [6, 6.07) is 5.91. The second-order valence-corrected chi connectivity index (χ2v) is 6.21. The topological polar surface area (TPSA) is 62.2 Å². The number of hydrogen-bond donors (Lipinski definition) is 2. The third kappa shape index (κ3) is 4.63. The van der Waals surface area contributed by atoms with Crippen molar-refractivity contribution in [1.82, 2.24) is 10.3 Å². The van der Waals surface area contributed by atoms with Gasteiger partial charge in [0.25, 0.3) is 0 Å². The molecule has 0 spiro atoms. The molecule has 0 fully saturated rings. The minimum absolute atomic E-state index is 0.0609. The largest absolute Gasteiger partial charge is 0.481 e. The fourth-order valence-electron chi connectivity index (χ4n) is 1.76. The molecule has 0 saturated carbocycles. The summed E-state index contributed by atoms with van der Waals surface area (Å²) in [6.07, 6.45) is 2.41. The molecule has 0 aliphatic carbocycles. The van der Waals surface area contributed by atoms with Gasteiger partial charge in [0.05, 0.1) is 5.41 Å². The maximum absolute atomic E-state index is 11.0. The summed E-state index contributed by atoms with van der Waals surface area (Å²) in [4.78, 5) is 15.4. The Labute approximate surface area is 115 Å². The molecular formula is C15H24N2O2. The van der Waals surface area contributed by atoms with Crippen molar-refractivity contribution in [3.05, 3.63) is 30.1 Å². The molecule has 0 aliphatic heterocycles. The normalized spacial score (nSPS) is 12.4. The third-order valence-corrected chi connectivity index (χ3v) is 3.43. The van der Waals surface area contributed by atoms with E-state index in [1.54, 1.807) is 20.0 Å². The van der Waals surface area contributed by atoms with Gasteiger partial charge in [-0.05, 0) is 38.9 Å². The summed E-state index contributed by atoms with van der Waals surface area (Å²) in [6.45, 7) is 9.23. The molecule has 0 bridgehead atoms. The Morgan fingerprint density at radius 2 is 2.00 bits per heavy atom. The molecule has 106 valence electrons. The molecule has 1 heterocycles. The first-order chi connectivity index (χ1) is 8.76. The van der Waals surface area contributed by atoms with Crippen LogP contribution >= 0.6 is 0 Å². The second kappa shape index (κ2) is 6.15. The first-order valence-corrected chi connectivity index (χ1v) is 6.61. The fraction of sp³-hybridized carbons (Fsp3) is 0.600. The van der Waals surface area contributed by atoms with Gasteiger partial charge in [-0.1, -0.05) is 19.9 Å². The lowest BCUT2D eigenvalue weighted by molar-refractivity contribution is -0.147. The number of carboxylic acid groups (broad SMARTS) is 1. The van der Waals surface area contributed by atoms with Gasteiger partial charge in [0.2, 0.25) is 0 Å². The average Bonchev–Trinajstić information content (AvgIpc) is 2.36. The monoisotopic (exact) mass is 264 g/mol. The molecule has 0 atom stereocenters. The van der Waals surface area contributed by atoms with Crippen molar-refractivity contribution < 1.29 is 9.90 Å². The zero-order valence-electron chi connectivity index (χ0n) is 12.2. The zero-order chi connectivity index (χ0) is 14.5. The van der Waals surface area contributed by atoms with Crippen LogP contribution in [0.5, 0.6) is 0 Å². The zero-order valence-corrected chi connectivity index (χ0v) is 12.2. The number of hydrogen-bond acceptors (Lipinski definition) is 3. The van der Waals surface area contributed by atoms with Gasteiger partial charge in [-0.2, -0.15) is 0 Å². The van der Waals surface area contributed by atoms with Gasteiger partial charge in [-0.25, -0.2) is 0 Å². The van der Waals surface area contributed by atoms with E-state index in [0.717, 1.165) is 12.2 Å². The predicted octanol–water partition coefficient (Wildman–Crippen LogP) is 2.45. The highest BCUT2D eigenvalue weighted by molar-refractivity contribution is 5.73. The van der Waals surface area contributed by atoms with E-state index < -0.39 is 11.4 Å². The van der Waals surface area contributed by atoms with Gasteiger partial charge in [0.1, 0.15) is 0 Å². The van der Waals surface area contributed by atoms with Crippen LogP contribution in [0.1, 0.15) is 39.8 Å². The lowest BCUT2D eigenvalue weighted by Crippen LogP contribution is -2.36. The summed E-state index contributed by atoms with van der Waals surface area (Å²) in [5.41, 5.74) is 0.302. The molecule has 2 N–H and O–H groups in total. The van der Waals surface area contributed by atoms with Crippen molar-refractivity contribution in [2.24, 2.45) is 5.41 Å². The lowest BCUT2D eigenvalue weighted by atomic mass is 9.87. The van der Waals surface area contributed by atoms with Crippen LogP contribution in [0, 0.1) is 5.41 Å². The van der Waals surface area contributed by atoms with E-state index in [4.69, 9.17) is 5.11 Å². The molecule has 0 saturated heterocycles. The fourth-order valence-corrected chi connectivity index (χ4v) is 1.76. The van der Waals surface area contributed by atoms with Crippen LogP contribution in [-0.2, 0) is 10.2 Å². The Morgan fingerprint density at radius 3 is 2.53 bits per heavy atom. The smallest absolute Gasteiger partial charge is 0.309 e. The maximum Gasteiger partial charge on any atom is 0.309 e. The van der Waals surface area contributed by atoms with Crippen LogP contribution in [0.15, 0.2) is 24.4 Å². The maximum atomic E-state index is 11.0. The van der Waals surface area contributed by atoms with Crippen LogP contribution in [0.25, 0.3) is 0 Å². The predicted molar refractivity (Wildman–Crippen MR) is 76.2 cm³/mol. The van der Waals surface area contributed by atoms with Crippen LogP contribution in [0.2, 0.25) is 0 Å². The van der Waals surface area contributed by atoms with E-state index in [0.29, 0.717) is 13.0 Å². The van der Waals surface area contributed by atoms with Crippen molar-refractivity contribution in [2.75, 3.05) is 13.1 Å². The number of aliphatic carboxylic acids is 1. The van der Waals surface area contributed by atoms with Gasteiger partial charge >= 0.3 is 5.97 Å². The van der Waals surface area contributed by atoms with Gasteiger partial charge in [-0.15, -0.1) is 0 Å². The van der Waals surface area contributed by atoms with E-state index in [2.05, 4.69) is 24.1 Å². The standard InChI is InChI=1S/C15H24N2O2/c1-14(2,13(18)19)8-10-16-11-15(3,4)12-7-5-6-9-17-12/h5-7,9,16H,8,10-11H2,1-4H3,(H,18,19). The molecule has 19 heavy (non-hydrogen) atoms. The summed E-state index contributed by atoms with van der Waals surface area (Å²) in [5.74, 6) is -0.752. The Hall–Kier alpha value is -1.42. The van der Waals surface area contributed by atoms with Gasteiger partial charge in [-0.3, -0.25) is 9.78 Å². The Morgan fingerprint density at radius 1 is 1.32 bits per heavy atom. The van der Waals surface area contributed by atoms with E-state index in [1.165, 1.54) is 0 Å². The average molecular weight is 264 g/mol. The van der Waals surface area contributed by atoms with Crippen molar-refractivity contribution >= 4 is 5.97 Å².